The highest BCUT2D eigenvalue weighted by atomic mass is 35.5. The molecule has 0 atom stereocenters. The minimum Gasteiger partial charge on any atom is -0.316 e. The van der Waals surface area contributed by atoms with E-state index in [0.717, 1.165) is 36.7 Å². The van der Waals surface area contributed by atoms with Crippen LogP contribution in [0.2, 0.25) is 5.02 Å². The van der Waals surface area contributed by atoms with E-state index < -0.39 is 0 Å². The van der Waals surface area contributed by atoms with Crippen molar-refractivity contribution >= 4 is 29.1 Å². The van der Waals surface area contributed by atoms with E-state index in [0.29, 0.717) is 11.3 Å². The summed E-state index contributed by atoms with van der Waals surface area (Å²) in [5, 5.41) is 4.28. The van der Waals surface area contributed by atoms with Gasteiger partial charge in [0.1, 0.15) is 5.69 Å². The quantitative estimate of drug-likeness (QED) is 0.479. The lowest BCUT2D eigenvalue weighted by atomic mass is 10.0. The maximum Gasteiger partial charge on any atom is 0.211 e. The van der Waals surface area contributed by atoms with Crippen LogP contribution in [-0.4, -0.2) is 23.9 Å². The van der Waals surface area contributed by atoms with Crippen molar-refractivity contribution in [2.45, 2.75) is 23.5 Å². The van der Waals surface area contributed by atoms with Gasteiger partial charge in [-0.25, -0.2) is 0 Å². The van der Waals surface area contributed by atoms with Gasteiger partial charge in [-0.15, -0.1) is 11.8 Å². The standard InChI is InChI=1S/C23H21ClN2OS/c24-20-9-8-17-10-13-25-14-11-19(17)23(20)28-15-16-4-6-18(7-5-16)22(27)21-3-1-2-12-26-21/h1-9,12,25H,10-11,13-15H2. The Balaban J connectivity index is 1.48. The lowest BCUT2D eigenvalue weighted by molar-refractivity contribution is 0.103. The molecule has 1 aliphatic rings. The van der Waals surface area contributed by atoms with Gasteiger partial charge in [-0.1, -0.05) is 48.0 Å². The number of thioether (sulfide) groups is 1. The third-order valence-corrected chi connectivity index (χ3v) is 6.59. The number of hydrogen-bond donors (Lipinski definition) is 1. The maximum absolute atomic E-state index is 12.5. The maximum atomic E-state index is 12.5. The summed E-state index contributed by atoms with van der Waals surface area (Å²) in [6, 6.07) is 17.3. The number of ketones is 1. The van der Waals surface area contributed by atoms with Crippen molar-refractivity contribution in [3.63, 3.8) is 0 Å². The average Bonchev–Trinajstić information content (AvgIpc) is 2.99. The molecule has 0 radical (unpaired) electrons. The molecule has 0 saturated carbocycles. The number of carbonyl (C=O) groups excluding carboxylic acids is 1. The zero-order chi connectivity index (χ0) is 19.3. The number of aromatic nitrogens is 1. The highest BCUT2D eigenvalue weighted by Crippen LogP contribution is 2.36. The van der Waals surface area contributed by atoms with E-state index in [2.05, 4.69) is 16.4 Å². The van der Waals surface area contributed by atoms with Gasteiger partial charge >= 0.3 is 0 Å². The average molecular weight is 409 g/mol. The highest BCUT2D eigenvalue weighted by molar-refractivity contribution is 7.98. The molecule has 4 rings (SSSR count). The molecule has 0 spiro atoms. The molecule has 2 aromatic carbocycles. The van der Waals surface area contributed by atoms with E-state index in [1.807, 2.05) is 42.5 Å². The Hall–Kier alpha value is -2.14. The molecule has 2 heterocycles. The Morgan fingerprint density at radius 2 is 1.86 bits per heavy atom. The fourth-order valence-corrected chi connectivity index (χ4v) is 4.88. The van der Waals surface area contributed by atoms with Crippen LogP contribution in [0.15, 0.2) is 65.7 Å². The number of pyridine rings is 1. The second-order valence-electron chi connectivity index (χ2n) is 6.79. The number of halogens is 1. The molecule has 0 amide bonds. The highest BCUT2D eigenvalue weighted by Gasteiger charge is 2.15. The zero-order valence-electron chi connectivity index (χ0n) is 15.5. The van der Waals surface area contributed by atoms with Crippen molar-refractivity contribution in [3.8, 4) is 0 Å². The molecule has 0 saturated heterocycles. The van der Waals surface area contributed by atoms with E-state index in [4.69, 9.17) is 11.6 Å². The fraction of sp³-hybridized carbons (Fsp3) is 0.217. The number of nitrogens with one attached hydrogen (secondary N) is 1. The molecule has 5 heteroatoms. The largest absolute Gasteiger partial charge is 0.316 e. The molecule has 1 N–H and O–H groups in total. The van der Waals surface area contributed by atoms with Crippen molar-refractivity contribution in [3.05, 3.63) is 93.8 Å². The van der Waals surface area contributed by atoms with Crippen LogP contribution in [0.1, 0.15) is 32.7 Å². The summed E-state index contributed by atoms with van der Waals surface area (Å²) in [6.07, 6.45) is 3.69. The molecule has 1 aliphatic heterocycles. The van der Waals surface area contributed by atoms with Gasteiger partial charge in [0.25, 0.3) is 0 Å². The Kier molecular flexibility index (Phi) is 6.10. The minimum absolute atomic E-state index is 0.0521. The number of fused-ring (bicyclic) bond motifs is 1. The molecule has 0 fully saturated rings. The number of rotatable bonds is 5. The Morgan fingerprint density at radius 1 is 1.04 bits per heavy atom. The summed E-state index contributed by atoms with van der Waals surface area (Å²) < 4.78 is 0. The normalized spacial score (nSPS) is 13.6. The first-order chi connectivity index (χ1) is 13.7. The lowest BCUT2D eigenvalue weighted by Gasteiger charge is -2.14. The van der Waals surface area contributed by atoms with Crippen molar-refractivity contribution in [1.29, 1.82) is 0 Å². The Morgan fingerprint density at radius 3 is 2.64 bits per heavy atom. The van der Waals surface area contributed by atoms with Crippen LogP contribution in [0.25, 0.3) is 0 Å². The SMILES string of the molecule is O=C(c1ccc(CSc2c(Cl)ccc3c2CCNCC3)cc1)c1ccccn1. The first-order valence-electron chi connectivity index (χ1n) is 9.41. The van der Waals surface area contributed by atoms with Crippen molar-refractivity contribution in [2.75, 3.05) is 13.1 Å². The predicted molar refractivity (Wildman–Crippen MR) is 115 cm³/mol. The van der Waals surface area contributed by atoms with Crippen LogP contribution in [0.5, 0.6) is 0 Å². The van der Waals surface area contributed by atoms with E-state index >= 15 is 0 Å². The van der Waals surface area contributed by atoms with Crippen molar-refractivity contribution < 1.29 is 4.79 Å². The summed E-state index contributed by atoms with van der Waals surface area (Å²) in [7, 11) is 0. The van der Waals surface area contributed by atoms with Crippen molar-refractivity contribution in [2.24, 2.45) is 0 Å². The molecule has 3 aromatic rings. The van der Waals surface area contributed by atoms with Crippen LogP contribution in [0.3, 0.4) is 0 Å². The summed E-state index contributed by atoms with van der Waals surface area (Å²) in [5.41, 5.74) is 5.07. The zero-order valence-corrected chi connectivity index (χ0v) is 17.0. The number of nitrogens with zero attached hydrogens (tertiary/aromatic N) is 1. The third kappa shape index (κ3) is 4.30. The van der Waals surface area contributed by atoms with Gasteiger partial charge in [-0.05, 0) is 60.8 Å². The number of hydrogen-bond acceptors (Lipinski definition) is 4. The van der Waals surface area contributed by atoms with Crippen molar-refractivity contribution in [1.82, 2.24) is 10.3 Å². The van der Waals surface area contributed by atoms with Gasteiger partial charge < -0.3 is 5.32 Å². The molecule has 3 nitrogen and oxygen atoms in total. The smallest absolute Gasteiger partial charge is 0.211 e. The summed E-state index contributed by atoms with van der Waals surface area (Å²) in [6.45, 7) is 2.01. The van der Waals surface area contributed by atoms with Gasteiger partial charge in [0.2, 0.25) is 5.78 Å². The second-order valence-corrected chi connectivity index (χ2v) is 8.19. The summed E-state index contributed by atoms with van der Waals surface area (Å²) in [5.74, 6) is 0.769. The molecule has 0 bridgehead atoms. The summed E-state index contributed by atoms with van der Waals surface area (Å²) >= 11 is 8.30. The second kappa shape index (κ2) is 8.91. The van der Waals surface area contributed by atoms with Gasteiger partial charge in [0, 0.05) is 22.4 Å². The van der Waals surface area contributed by atoms with Crippen LogP contribution in [0, 0.1) is 0 Å². The van der Waals surface area contributed by atoms with E-state index in [1.165, 1.54) is 21.6 Å². The molecule has 142 valence electrons. The summed E-state index contributed by atoms with van der Waals surface area (Å²) in [4.78, 5) is 17.8. The first-order valence-corrected chi connectivity index (χ1v) is 10.8. The fourth-order valence-electron chi connectivity index (χ4n) is 3.42. The van der Waals surface area contributed by atoms with Crippen LogP contribution < -0.4 is 5.32 Å². The number of benzene rings is 2. The van der Waals surface area contributed by atoms with E-state index in [1.54, 1.807) is 24.0 Å². The molecular weight excluding hydrogens is 388 g/mol. The number of carbonyl (C=O) groups is 1. The third-order valence-electron chi connectivity index (χ3n) is 4.93. The Bertz CT molecular complexity index is 974. The molecule has 1 aromatic heterocycles. The van der Waals surface area contributed by atoms with Gasteiger partial charge in [0.05, 0.1) is 5.02 Å². The molecule has 0 unspecified atom stereocenters. The topological polar surface area (TPSA) is 42.0 Å². The van der Waals surface area contributed by atoms with Gasteiger partial charge in [-0.3, -0.25) is 9.78 Å². The van der Waals surface area contributed by atoms with Crippen LogP contribution in [-0.2, 0) is 18.6 Å². The molecule has 28 heavy (non-hydrogen) atoms. The molecular formula is C23H21ClN2OS. The first kappa shape index (κ1) is 19.2. The predicted octanol–water partition coefficient (Wildman–Crippen LogP) is 4.95. The van der Waals surface area contributed by atoms with Crippen LogP contribution in [0.4, 0.5) is 0 Å². The van der Waals surface area contributed by atoms with E-state index in [-0.39, 0.29) is 5.78 Å². The van der Waals surface area contributed by atoms with E-state index in [9.17, 15) is 4.79 Å². The molecule has 0 aliphatic carbocycles. The van der Waals surface area contributed by atoms with Gasteiger partial charge in [-0.2, -0.15) is 0 Å². The minimum atomic E-state index is -0.0521. The Labute approximate surface area is 174 Å². The monoisotopic (exact) mass is 408 g/mol. The lowest BCUT2D eigenvalue weighted by Crippen LogP contribution is -2.16. The van der Waals surface area contributed by atoms with Crippen LogP contribution >= 0.6 is 23.4 Å². The van der Waals surface area contributed by atoms with Gasteiger partial charge in [0.15, 0.2) is 0 Å².